The maximum absolute atomic E-state index is 11.8. The van der Waals surface area contributed by atoms with E-state index in [-0.39, 0.29) is 16.5 Å². The summed E-state index contributed by atoms with van der Waals surface area (Å²) in [5.41, 5.74) is 1.26. The first-order chi connectivity index (χ1) is 13.3. The van der Waals surface area contributed by atoms with Gasteiger partial charge in [0.15, 0.2) is 9.84 Å². The third kappa shape index (κ3) is 3.59. The van der Waals surface area contributed by atoms with Gasteiger partial charge in [0, 0.05) is 31.3 Å². The molecule has 7 nitrogen and oxygen atoms in total. The number of aromatic nitrogens is 1. The van der Waals surface area contributed by atoms with Crippen LogP contribution in [0.2, 0.25) is 0 Å². The Bertz CT molecular complexity index is 1120. The lowest BCUT2D eigenvalue weighted by Gasteiger charge is -2.33. The summed E-state index contributed by atoms with van der Waals surface area (Å²) in [6, 6.07) is 12.1. The highest BCUT2D eigenvalue weighted by atomic mass is 32.2. The molecule has 0 N–H and O–H groups in total. The first-order valence-electron chi connectivity index (χ1n) is 8.92. The van der Waals surface area contributed by atoms with Crippen molar-refractivity contribution in [3.8, 4) is 0 Å². The molecular formula is C19H19N3O4S2. The first kappa shape index (κ1) is 18.8. The SMILES string of the molecule is CS(=O)(=O)c1ccc(N2CCC[C@H](c3nc4ccccc4s3)C2)c([N+](=O)[O-])c1. The van der Waals surface area contributed by atoms with Gasteiger partial charge in [-0.2, -0.15) is 0 Å². The second kappa shape index (κ2) is 7.14. The molecule has 1 atom stereocenters. The number of fused-ring (bicyclic) bond motifs is 1. The number of hydrogen-bond acceptors (Lipinski definition) is 7. The van der Waals surface area contributed by atoms with Crippen LogP contribution in [0.3, 0.4) is 0 Å². The molecule has 1 fully saturated rings. The highest BCUT2D eigenvalue weighted by Crippen LogP contribution is 2.38. The van der Waals surface area contributed by atoms with E-state index in [1.54, 1.807) is 17.4 Å². The summed E-state index contributed by atoms with van der Waals surface area (Å²) < 4.78 is 24.7. The van der Waals surface area contributed by atoms with Crippen LogP contribution in [-0.4, -0.2) is 37.7 Å². The lowest BCUT2D eigenvalue weighted by atomic mass is 9.98. The van der Waals surface area contributed by atoms with Gasteiger partial charge in [-0.3, -0.25) is 10.1 Å². The third-order valence-corrected chi connectivity index (χ3v) is 7.30. The molecule has 28 heavy (non-hydrogen) atoms. The second-order valence-corrected chi connectivity index (χ2v) is 10.1. The van der Waals surface area contributed by atoms with Crippen LogP contribution >= 0.6 is 11.3 Å². The second-order valence-electron chi connectivity index (χ2n) is 6.98. The molecule has 2 aromatic carbocycles. The van der Waals surface area contributed by atoms with Crippen LogP contribution < -0.4 is 4.90 Å². The van der Waals surface area contributed by atoms with Gasteiger partial charge in [0.25, 0.3) is 5.69 Å². The fraction of sp³-hybridized carbons (Fsp3) is 0.316. The summed E-state index contributed by atoms with van der Waals surface area (Å²) in [5, 5.41) is 12.6. The maximum Gasteiger partial charge on any atom is 0.293 e. The number of nitro groups is 1. The summed E-state index contributed by atoms with van der Waals surface area (Å²) in [6.45, 7) is 1.32. The van der Waals surface area contributed by atoms with Crippen LogP contribution in [0.15, 0.2) is 47.4 Å². The number of para-hydroxylation sites is 1. The predicted molar refractivity (Wildman–Crippen MR) is 110 cm³/mol. The van der Waals surface area contributed by atoms with E-state index in [1.807, 2.05) is 29.2 Å². The number of sulfone groups is 1. The Hall–Kier alpha value is -2.52. The molecule has 9 heteroatoms. The molecule has 2 heterocycles. The standard InChI is InChI=1S/C19H19N3O4S2/c1-28(25,26)14-8-9-16(17(11-14)22(23)24)21-10-4-5-13(12-21)19-20-15-6-2-3-7-18(15)27-19/h2-3,6-9,11,13H,4-5,10,12H2,1H3/t13-/m0/s1. The molecule has 0 bridgehead atoms. The van der Waals surface area contributed by atoms with E-state index in [1.165, 1.54) is 6.07 Å². The maximum atomic E-state index is 11.8. The minimum atomic E-state index is -3.51. The smallest absolute Gasteiger partial charge is 0.293 e. The van der Waals surface area contributed by atoms with Crippen molar-refractivity contribution in [1.82, 2.24) is 4.98 Å². The highest BCUT2D eigenvalue weighted by Gasteiger charge is 2.29. The van der Waals surface area contributed by atoms with Crippen molar-refractivity contribution in [3.63, 3.8) is 0 Å². The largest absolute Gasteiger partial charge is 0.365 e. The van der Waals surface area contributed by atoms with Crippen molar-refractivity contribution in [2.24, 2.45) is 0 Å². The van der Waals surface area contributed by atoms with Crippen molar-refractivity contribution in [2.45, 2.75) is 23.7 Å². The molecule has 3 aromatic rings. The van der Waals surface area contributed by atoms with E-state index in [4.69, 9.17) is 4.98 Å². The summed E-state index contributed by atoms with van der Waals surface area (Å²) in [7, 11) is -3.51. The predicted octanol–water partition coefficient (Wildman–Crippen LogP) is 3.99. The molecule has 0 saturated carbocycles. The van der Waals surface area contributed by atoms with Crippen LogP contribution in [0.4, 0.5) is 11.4 Å². The van der Waals surface area contributed by atoms with Gasteiger partial charge in [0.05, 0.1) is 25.0 Å². The van der Waals surface area contributed by atoms with Crippen LogP contribution in [0, 0.1) is 10.1 Å². The number of nitrogens with zero attached hydrogens (tertiary/aromatic N) is 3. The van der Waals surface area contributed by atoms with Crippen LogP contribution in [-0.2, 0) is 9.84 Å². The zero-order chi connectivity index (χ0) is 19.9. The lowest BCUT2D eigenvalue weighted by Crippen LogP contribution is -2.34. The molecule has 0 unspecified atom stereocenters. The number of thiazole rings is 1. The van der Waals surface area contributed by atoms with Gasteiger partial charge in [-0.25, -0.2) is 13.4 Å². The molecule has 1 saturated heterocycles. The minimum Gasteiger partial charge on any atom is -0.365 e. The zero-order valence-corrected chi connectivity index (χ0v) is 16.9. The van der Waals surface area contributed by atoms with Gasteiger partial charge < -0.3 is 4.90 Å². The molecular weight excluding hydrogens is 398 g/mol. The summed E-state index contributed by atoms with van der Waals surface area (Å²) in [6.07, 6.45) is 2.92. The van der Waals surface area contributed by atoms with Gasteiger partial charge in [-0.1, -0.05) is 12.1 Å². The average Bonchev–Trinajstić information content (AvgIpc) is 3.11. The minimum absolute atomic E-state index is 0.0392. The molecule has 0 spiro atoms. The Balaban J connectivity index is 1.66. The van der Waals surface area contributed by atoms with Gasteiger partial charge >= 0.3 is 0 Å². The normalized spacial score (nSPS) is 17.8. The molecule has 0 aliphatic carbocycles. The Morgan fingerprint density at radius 2 is 2.04 bits per heavy atom. The number of piperidine rings is 1. The van der Waals surface area contributed by atoms with Gasteiger partial charge in [0.2, 0.25) is 0 Å². The zero-order valence-electron chi connectivity index (χ0n) is 15.2. The van der Waals surface area contributed by atoms with E-state index in [0.29, 0.717) is 18.8 Å². The van der Waals surface area contributed by atoms with E-state index in [2.05, 4.69) is 0 Å². The van der Waals surface area contributed by atoms with Crippen molar-refractivity contribution < 1.29 is 13.3 Å². The monoisotopic (exact) mass is 417 g/mol. The number of rotatable bonds is 4. The summed E-state index contributed by atoms with van der Waals surface area (Å²) in [5.74, 6) is 0.195. The van der Waals surface area contributed by atoms with Gasteiger partial charge in [-0.05, 0) is 37.1 Å². The first-order valence-corrected chi connectivity index (χ1v) is 11.6. The third-order valence-electron chi connectivity index (χ3n) is 4.99. The van der Waals surface area contributed by atoms with Crippen LogP contribution in [0.5, 0.6) is 0 Å². The van der Waals surface area contributed by atoms with E-state index < -0.39 is 14.8 Å². The number of benzene rings is 2. The molecule has 0 radical (unpaired) electrons. The fourth-order valence-electron chi connectivity index (χ4n) is 3.61. The Morgan fingerprint density at radius 3 is 2.75 bits per heavy atom. The van der Waals surface area contributed by atoms with Gasteiger partial charge in [-0.15, -0.1) is 11.3 Å². The molecule has 1 aliphatic heterocycles. The summed E-state index contributed by atoms with van der Waals surface area (Å²) in [4.78, 5) is 17.8. The number of anilines is 1. The molecule has 1 aromatic heterocycles. The van der Waals surface area contributed by atoms with Crippen molar-refractivity contribution in [1.29, 1.82) is 0 Å². The molecule has 1 aliphatic rings. The van der Waals surface area contributed by atoms with E-state index in [0.717, 1.165) is 40.4 Å². The lowest BCUT2D eigenvalue weighted by molar-refractivity contribution is -0.384. The van der Waals surface area contributed by atoms with Crippen molar-refractivity contribution in [2.75, 3.05) is 24.2 Å². The number of nitro benzene ring substituents is 1. The van der Waals surface area contributed by atoms with Crippen LogP contribution in [0.1, 0.15) is 23.8 Å². The Kier molecular flexibility index (Phi) is 4.80. The summed E-state index contributed by atoms with van der Waals surface area (Å²) >= 11 is 1.67. The fourth-order valence-corrected chi connectivity index (χ4v) is 5.34. The van der Waals surface area contributed by atoms with Gasteiger partial charge in [0.1, 0.15) is 5.69 Å². The van der Waals surface area contributed by atoms with E-state index in [9.17, 15) is 18.5 Å². The van der Waals surface area contributed by atoms with E-state index >= 15 is 0 Å². The molecule has 0 amide bonds. The van der Waals surface area contributed by atoms with Crippen molar-refractivity contribution >= 4 is 42.8 Å². The average molecular weight is 418 g/mol. The highest BCUT2D eigenvalue weighted by molar-refractivity contribution is 7.90. The quantitative estimate of drug-likeness (QED) is 0.471. The van der Waals surface area contributed by atoms with Crippen LogP contribution in [0.25, 0.3) is 10.2 Å². The molecule has 4 rings (SSSR count). The molecule has 146 valence electrons. The topological polar surface area (TPSA) is 93.4 Å². The Morgan fingerprint density at radius 1 is 1.25 bits per heavy atom. The number of hydrogen-bond donors (Lipinski definition) is 0. The van der Waals surface area contributed by atoms with Crippen molar-refractivity contribution in [3.05, 3.63) is 57.6 Å². The Labute approximate surface area is 166 Å².